The van der Waals surface area contributed by atoms with Crippen LogP contribution in [0.5, 0.6) is 0 Å². The summed E-state index contributed by atoms with van der Waals surface area (Å²) in [6.07, 6.45) is 5.89. The number of rotatable bonds is 0. The third-order valence-electron chi connectivity index (χ3n) is 2.30. The molecular weight excluding hydrogens is 136 g/mol. The second-order valence-corrected chi connectivity index (χ2v) is 3.37. The molecule has 0 heterocycles. The van der Waals surface area contributed by atoms with Gasteiger partial charge in [-0.25, -0.2) is 0 Å². The Balaban J connectivity index is 0. The molecule has 0 saturated heterocycles. The Morgan fingerprint density at radius 1 is 0.818 bits per heavy atom. The molecule has 0 radical (unpaired) electrons. The second kappa shape index (κ2) is 7.80. The molecule has 0 aliphatic heterocycles. The van der Waals surface area contributed by atoms with E-state index in [2.05, 4.69) is 27.0 Å². The molecule has 0 aromatic carbocycles. The Morgan fingerprint density at radius 3 is 1.18 bits per heavy atom. The van der Waals surface area contributed by atoms with Crippen LogP contribution >= 0.6 is 0 Å². The van der Waals surface area contributed by atoms with E-state index < -0.39 is 0 Å². The minimum atomic E-state index is 0. The van der Waals surface area contributed by atoms with Crippen molar-refractivity contribution in [2.75, 3.05) is 0 Å². The first-order valence-corrected chi connectivity index (χ1v) is 4.29. The minimum absolute atomic E-state index is 0. The summed E-state index contributed by atoms with van der Waals surface area (Å²) in [5.41, 5.74) is 0. The van der Waals surface area contributed by atoms with Gasteiger partial charge in [-0.05, 0) is 11.8 Å². The van der Waals surface area contributed by atoms with Crippen molar-refractivity contribution in [1.82, 2.24) is 0 Å². The smallest absolute Gasteiger partial charge is 0.0443 e. The highest BCUT2D eigenvalue weighted by Crippen LogP contribution is 2.27. The molecule has 0 atom stereocenters. The summed E-state index contributed by atoms with van der Waals surface area (Å²) in [6, 6.07) is 0. The Morgan fingerprint density at radius 2 is 1.00 bits per heavy atom. The lowest BCUT2D eigenvalue weighted by molar-refractivity contribution is 0.308. The lowest BCUT2D eigenvalue weighted by Crippen LogP contribution is -2.08. The van der Waals surface area contributed by atoms with E-state index in [4.69, 9.17) is 0 Å². The maximum absolute atomic E-state index is 3.00. The van der Waals surface area contributed by atoms with Crippen LogP contribution in [0.25, 0.3) is 0 Å². The van der Waals surface area contributed by atoms with Crippen molar-refractivity contribution in [2.45, 2.75) is 39.5 Å². The zero-order valence-electron chi connectivity index (χ0n) is 7.90. The van der Waals surface area contributed by atoms with Crippen molar-refractivity contribution in [1.29, 1.82) is 0 Å². The van der Waals surface area contributed by atoms with Gasteiger partial charge in [0, 0.05) is 0 Å². The Bertz CT molecular complexity index is 62.9. The number of hydrogen-bond acceptors (Lipinski definition) is 0. The molecule has 11 heavy (non-hydrogen) atoms. The molecular formula is C10H22O. The fourth-order valence-corrected chi connectivity index (χ4v) is 1.43. The molecule has 68 valence electrons. The fraction of sp³-hybridized carbons (Fsp3) is 0.800. The maximum atomic E-state index is 3.00. The van der Waals surface area contributed by atoms with E-state index in [-0.39, 0.29) is 5.48 Å². The van der Waals surface area contributed by atoms with E-state index >= 15 is 0 Å². The van der Waals surface area contributed by atoms with Crippen LogP contribution in [0.4, 0.5) is 0 Å². The minimum Gasteiger partial charge on any atom is -0.412 e. The Hall–Kier alpha value is -0.300. The molecule has 0 amide bonds. The zero-order valence-corrected chi connectivity index (χ0v) is 7.90. The molecule has 0 aromatic heterocycles. The molecule has 0 spiro atoms. The first-order valence-electron chi connectivity index (χ1n) is 4.29. The molecule has 1 rings (SSSR count). The van der Waals surface area contributed by atoms with Gasteiger partial charge in [0.05, 0.1) is 0 Å². The van der Waals surface area contributed by atoms with Gasteiger partial charge in [-0.15, -0.1) is 13.2 Å². The lowest BCUT2D eigenvalue weighted by Gasteiger charge is -2.22. The normalized spacial score (nSPS) is 29.3. The topological polar surface area (TPSA) is 31.5 Å². The summed E-state index contributed by atoms with van der Waals surface area (Å²) in [7, 11) is 0. The molecule has 0 bridgehead atoms. The summed E-state index contributed by atoms with van der Waals surface area (Å²) in [5.74, 6) is 2.04. The van der Waals surface area contributed by atoms with E-state index in [9.17, 15) is 0 Å². The van der Waals surface area contributed by atoms with Crippen LogP contribution in [0.1, 0.15) is 39.5 Å². The molecule has 1 heteroatoms. The molecule has 2 N–H and O–H groups in total. The van der Waals surface area contributed by atoms with E-state index in [1.165, 1.54) is 25.7 Å². The third kappa shape index (κ3) is 6.11. The van der Waals surface area contributed by atoms with Gasteiger partial charge < -0.3 is 5.48 Å². The monoisotopic (exact) mass is 158 g/mol. The van der Waals surface area contributed by atoms with E-state index in [1.54, 1.807) is 0 Å². The summed E-state index contributed by atoms with van der Waals surface area (Å²) in [4.78, 5) is 0. The van der Waals surface area contributed by atoms with Gasteiger partial charge in [0.2, 0.25) is 0 Å². The van der Waals surface area contributed by atoms with Gasteiger partial charge in [0.15, 0.2) is 0 Å². The largest absolute Gasteiger partial charge is 0.412 e. The average molecular weight is 158 g/mol. The van der Waals surface area contributed by atoms with Gasteiger partial charge in [-0.3, -0.25) is 0 Å². The lowest BCUT2D eigenvalue weighted by atomic mass is 9.84. The van der Waals surface area contributed by atoms with Crippen LogP contribution in [0.2, 0.25) is 0 Å². The van der Waals surface area contributed by atoms with Crippen LogP contribution < -0.4 is 0 Å². The maximum Gasteiger partial charge on any atom is -0.0443 e. The van der Waals surface area contributed by atoms with Crippen molar-refractivity contribution < 1.29 is 5.48 Å². The van der Waals surface area contributed by atoms with Gasteiger partial charge in [0.25, 0.3) is 0 Å². The van der Waals surface area contributed by atoms with Gasteiger partial charge in [-0.2, -0.15) is 0 Å². The van der Waals surface area contributed by atoms with Crippen LogP contribution in [-0.4, -0.2) is 5.48 Å². The summed E-state index contributed by atoms with van der Waals surface area (Å²) in [6.45, 7) is 10.7. The van der Waals surface area contributed by atoms with Crippen LogP contribution in [0.3, 0.4) is 0 Å². The van der Waals surface area contributed by atoms with Crippen LogP contribution in [0.15, 0.2) is 13.2 Å². The van der Waals surface area contributed by atoms with Crippen molar-refractivity contribution >= 4 is 0 Å². The summed E-state index contributed by atoms with van der Waals surface area (Å²) >= 11 is 0. The predicted molar refractivity (Wildman–Crippen MR) is 51.7 cm³/mol. The van der Waals surface area contributed by atoms with Gasteiger partial charge in [0.1, 0.15) is 0 Å². The van der Waals surface area contributed by atoms with Crippen LogP contribution in [-0.2, 0) is 0 Å². The highest BCUT2D eigenvalue weighted by molar-refractivity contribution is 4.65. The van der Waals surface area contributed by atoms with Gasteiger partial charge >= 0.3 is 0 Å². The summed E-state index contributed by atoms with van der Waals surface area (Å²) in [5, 5.41) is 0. The Kier molecular flexibility index (Phi) is 9.44. The highest BCUT2D eigenvalue weighted by atomic mass is 16.0. The average Bonchev–Trinajstić information content (AvgIpc) is 2.00. The molecule has 0 aromatic rings. The second-order valence-electron chi connectivity index (χ2n) is 3.37. The summed E-state index contributed by atoms with van der Waals surface area (Å²) < 4.78 is 0. The predicted octanol–water partition coefficient (Wildman–Crippen LogP) is 2.81. The van der Waals surface area contributed by atoms with E-state index in [0.717, 1.165) is 11.8 Å². The number of hydrogen-bond donors (Lipinski definition) is 0. The molecule has 1 aliphatic rings. The standard InChI is InChI=1S/C8H16.C2H4.H2O/c1-7-3-5-8(2)6-4-7;1-2;/h7-8H,3-6H2,1-2H3;1-2H2;1H2. The van der Waals surface area contributed by atoms with E-state index in [0.29, 0.717) is 0 Å². The zero-order chi connectivity index (χ0) is 7.98. The molecule has 1 aliphatic carbocycles. The highest BCUT2D eigenvalue weighted by Gasteiger charge is 2.13. The van der Waals surface area contributed by atoms with Crippen molar-refractivity contribution in [3.05, 3.63) is 13.2 Å². The fourth-order valence-electron chi connectivity index (χ4n) is 1.43. The van der Waals surface area contributed by atoms with Crippen LogP contribution in [0, 0.1) is 11.8 Å². The molecule has 0 unspecified atom stereocenters. The van der Waals surface area contributed by atoms with Crippen molar-refractivity contribution in [3.8, 4) is 0 Å². The Labute approximate surface area is 70.8 Å². The van der Waals surface area contributed by atoms with E-state index in [1.807, 2.05) is 0 Å². The third-order valence-corrected chi connectivity index (χ3v) is 2.30. The molecule has 1 saturated carbocycles. The molecule has 1 nitrogen and oxygen atoms in total. The first kappa shape index (κ1) is 13.3. The van der Waals surface area contributed by atoms with Crippen molar-refractivity contribution in [2.24, 2.45) is 11.8 Å². The van der Waals surface area contributed by atoms with Gasteiger partial charge in [-0.1, -0.05) is 39.5 Å². The quantitative estimate of drug-likeness (QED) is 0.485. The molecule has 1 fully saturated rings. The first-order chi connectivity index (χ1) is 4.79. The van der Waals surface area contributed by atoms with Crippen molar-refractivity contribution in [3.63, 3.8) is 0 Å². The SMILES string of the molecule is C=C.CC1CCC(C)CC1.O.